The molecule has 2 amide bonds. The predicted octanol–water partition coefficient (Wildman–Crippen LogP) is 7.64. The van der Waals surface area contributed by atoms with Crippen molar-refractivity contribution < 1.29 is 19.4 Å². The molecular formula is C30H22Cl2N4O6. The second-order valence-electron chi connectivity index (χ2n) is 9.69. The number of nitro groups is 2. The highest BCUT2D eigenvalue weighted by Gasteiger charge is 2.39. The molecular weight excluding hydrogens is 583 g/mol. The predicted molar refractivity (Wildman–Crippen MR) is 160 cm³/mol. The Bertz CT molecular complexity index is 1730. The number of halogens is 2. The van der Waals surface area contributed by atoms with Crippen molar-refractivity contribution in [2.75, 3.05) is 9.80 Å². The zero-order chi connectivity index (χ0) is 30.1. The van der Waals surface area contributed by atoms with Gasteiger partial charge in [0.1, 0.15) is 10.0 Å². The van der Waals surface area contributed by atoms with Crippen LogP contribution in [0.3, 0.4) is 0 Å². The SMILES string of the molecule is CC1CC(N(C(=O)c2ccc([N+](=O)[O-])c(Cl)c2)c2ccccc2)c2ccccc2N1C(=O)c1ccc([N+](=O)[O-])c(Cl)c1. The summed E-state index contributed by atoms with van der Waals surface area (Å²) in [5.41, 5.74) is 1.59. The Morgan fingerprint density at radius 1 is 0.810 bits per heavy atom. The average Bonchev–Trinajstić information content (AvgIpc) is 2.97. The van der Waals surface area contributed by atoms with Crippen molar-refractivity contribution in [3.05, 3.63) is 138 Å². The largest absolute Gasteiger partial charge is 0.305 e. The molecule has 0 fully saturated rings. The highest BCUT2D eigenvalue weighted by Crippen LogP contribution is 2.43. The number of nitrogens with zero attached hydrogens (tertiary/aromatic N) is 4. The van der Waals surface area contributed by atoms with Crippen LogP contribution in [0.4, 0.5) is 22.7 Å². The van der Waals surface area contributed by atoms with Crippen LogP contribution in [-0.4, -0.2) is 27.7 Å². The van der Waals surface area contributed by atoms with Crippen LogP contribution in [-0.2, 0) is 0 Å². The van der Waals surface area contributed by atoms with Crippen molar-refractivity contribution in [2.24, 2.45) is 0 Å². The van der Waals surface area contributed by atoms with Crippen LogP contribution in [0.5, 0.6) is 0 Å². The molecule has 0 aromatic heterocycles. The van der Waals surface area contributed by atoms with Gasteiger partial charge in [0.15, 0.2) is 0 Å². The fraction of sp³-hybridized carbons (Fsp3) is 0.133. The van der Waals surface area contributed by atoms with Gasteiger partial charge in [-0.15, -0.1) is 0 Å². The zero-order valence-electron chi connectivity index (χ0n) is 22.0. The van der Waals surface area contributed by atoms with Crippen molar-refractivity contribution in [2.45, 2.75) is 25.4 Å². The van der Waals surface area contributed by atoms with E-state index in [1.165, 1.54) is 36.4 Å². The number of hydrogen-bond acceptors (Lipinski definition) is 6. The molecule has 4 aromatic rings. The van der Waals surface area contributed by atoms with E-state index in [0.717, 1.165) is 0 Å². The summed E-state index contributed by atoms with van der Waals surface area (Å²) >= 11 is 12.3. The van der Waals surface area contributed by atoms with E-state index < -0.39 is 33.7 Å². The van der Waals surface area contributed by atoms with Crippen molar-refractivity contribution in [3.63, 3.8) is 0 Å². The van der Waals surface area contributed by atoms with Gasteiger partial charge in [0.05, 0.1) is 15.9 Å². The van der Waals surface area contributed by atoms with Crippen LogP contribution in [0.2, 0.25) is 10.0 Å². The van der Waals surface area contributed by atoms with E-state index in [-0.39, 0.29) is 32.5 Å². The Hall–Kier alpha value is -4.80. The minimum Gasteiger partial charge on any atom is -0.305 e. The Morgan fingerprint density at radius 3 is 1.95 bits per heavy atom. The third-order valence-corrected chi connectivity index (χ3v) is 7.73. The summed E-state index contributed by atoms with van der Waals surface area (Å²) in [5.74, 6) is -0.822. The Morgan fingerprint density at radius 2 is 1.36 bits per heavy atom. The fourth-order valence-electron chi connectivity index (χ4n) is 5.22. The smallest absolute Gasteiger partial charge is 0.287 e. The second kappa shape index (κ2) is 11.6. The molecule has 1 aliphatic rings. The molecule has 0 spiro atoms. The van der Waals surface area contributed by atoms with Crippen molar-refractivity contribution in [1.82, 2.24) is 0 Å². The standard InChI is InChI=1S/C30H22Cl2N4O6/c1-18-15-28(34(21-7-3-2-4-8-21)30(38)20-12-14-27(36(41)42)24(32)17-20)22-9-5-6-10-25(22)33(18)29(37)19-11-13-26(35(39)40)23(31)16-19/h2-14,16-18,28H,15H2,1H3. The number of para-hydroxylation sites is 2. The lowest BCUT2D eigenvalue weighted by molar-refractivity contribution is -0.384. The number of anilines is 2. The van der Waals surface area contributed by atoms with Crippen molar-refractivity contribution in [3.8, 4) is 0 Å². The summed E-state index contributed by atoms with van der Waals surface area (Å²) in [7, 11) is 0. The minimum absolute atomic E-state index is 0.149. The van der Waals surface area contributed by atoms with Crippen LogP contribution in [0, 0.1) is 20.2 Å². The third kappa shape index (κ3) is 5.29. The summed E-state index contributed by atoms with van der Waals surface area (Å²) in [6, 6.07) is 22.9. The summed E-state index contributed by atoms with van der Waals surface area (Å²) in [6.45, 7) is 1.85. The fourth-order valence-corrected chi connectivity index (χ4v) is 5.72. The lowest BCUT2D eigenvalue weighted by atomic mass is 9.89. The molecule has 12 heteroatoms. The van der Waals surface area contributed by atoms with Gasteiger partial charge in [0.2, 0.25) is 0 Å². The highest BCUT2D eigenvalue weighted by atomic mass is 35.5. The lowest BCUT2D eigenvalue weighted by Gasteiger charge is -2.43. The van der Waals surface area contributed by atoms with Crippen molar-refractivity contribution in [1.29, 1.82) is 0 Å². The van der Waals surface area contributed by atoms with E-state index in [2.05, 4.69) is 0 Å². The number of benzene rings is 4. The second-order valence-corrected chi connectivity index (χ2v) is 10.5. The van der Waals surface area contributed by atoms with E-state index in [9.17, 15) is 29.8 Å². The maximum absolute atomic E-state index is 14.1. The van der Waals surface area contributed by atoms with Crippen LogP contribution in [0.15, 0.2) is 91.0 Å². The summed E-state index contributed by atoms with van der Waals surface area (Å²) in [5, 5.41) is 22.2. The van der Waals surface area contributed by atoms with Crippen molar-refractivity contribution >= 4 is 57.8 Å². The zero-order valence-corrected chi connectivity index (χ0v) is 23.5. The van der Waals surface area contributed by atoms with E-state index in [1.807, 2.05) is 25.1 Å². The van der Waals surface area contributed by atoms with Crippen LogP contribution in [0.1, 0.15) is 45.7 Å². The molecule has 1 heterocycles. The molecule has 10 nitrogen and oxygen atoms in total. The number of amides is 2. The molecule has 0 radical (unpaired) electrons. The van der Waals surface area contributed by atoms with E-state index >= 15 is 0 Å². The molecule has 1 aliphatic heterocycles. The first-order valence-electron chi connectivity index (χ1n) is 12.8. The Labute approximate surface area is 250 Å². The van der Waals surface area contributed by atoms with E-state index in [1.54, 1.807) is 46.2 Å². The molecule has 0 aliphatic carbocycles. The number of nitro benzene ring substituents is 2. The normalized spacial score (nSPS) is 15.9. The minimum atomic E-state index is -0.618. The summed E-state index contributed by atoms with van der Waals surface area (Å²) < 4.78 is 0. The Kier molecular flexibility index (Phi) is 7.93. The molecule has 4 aromatic carbocycles. The van der Waals surface area contributed by atoms with Gasteiger partial charge in [0.25, 0.3) is 23.2 Å². The number of fused-ring (bicyclic) bond motifs is 1. The van der Waals surface area contributed by atoms with Crippen LogP contribution >= 0.6 is 23.2 Å². The Balaban J connectivity index is 1.58. The third-order valence-electron chi connectivity index (χ3n) is 7.13. The maximum Gasteiger partial charge on any atom is 0.287 e. The van der Waals surface area contributed by atoms with E-state index in [4.69, 9.17) is 23.2 Å². The first-order valence-corrected chi connectivity index (χ1v) is 13.5. The highest BCUT2D eigenvalue weighted by molar-refractivity contribution is 6.33. The molecule has 5 rings (SSSR count). The summed E-state index contributed by atoms with van der Waals surface area (Å²) in [6.07, 6.45) is 0.338. The average molecular weight is 605 g/mol. The van der Waals surface area contributed by atoms with Crippen LogP contribution < -0.4 is 9.80 Å². The molecule has 0 saturated carbocycles. The van der Waals surface area contributed by atoms with Gasteiger partial charge >= 0.3 is 0 Å². The molecule has 0 N–H and O–H groups in total. The molecule has 0 bridgehead atoms. The van der Waals surface area contributed by atoms with Gasteiger partial charge in [-0.1, -0.05) is 59.6 Å². The lowest BCUT2D eigenvalue weighted by Crippen LogP contribution is -2.47. The van der Waals surface area contributed by atoms with Gasteiger partial charge in [-0.25, -0.2) is 0 Å². The van der Waals surface area contributed by atoms with Crippen LogP contribution in [0.25, 0.3) is 0 Å². The van der Waals surface area contributed by atoms with Gasteiger partial charge in [-0.05, 0) is 61.4 Å². The quantitative estimate of drug-likeness (QED) is 0.164. The topological polar surface area (TPSA) is 127 Å². The molecule has 2 unspecified atom stereocenters. The number of carbonyl (C=O) groups excluding carboxylic acids is 2. The number of hydrogen-bond donors (Lipinski definition) is 0. The van der Waals surface area contributed by atoms with E-state index in [0.29, 0.717) is 23.4 Å². The first kappa shape index (κ1) is 28.7. The molecule has 2 atom stereocenters. The van der Waals surface area contributed by atoms with Gasteiger partial charge < -0.3 is 9.80 Å². The number of carbonyl (C=O) groups is 2. The van der Waals surface area contributed by atoms with Gasteiger partial charge in [0, 0.05) is 40.7 Å². The molecule has 0 saturated heterocycles. The van der Waals surface area contributed by atoms with Gasteiger partial charge in [-0.3, -0.25) is 29.8 Å². The maximum atomic E-state index is 14.1. The first-order chi connectivity index (χ1) is 20.1. The van der Waals surface area contributed by atoms with Gasteiger partial charge in [-0.2, -0.15) is 0 Å². The molecule has 212 valence electrons. The number of rotatable bonds is 6. The monoisotopic (exact) mass is 604 g/mol. The molecule has 42 heavy (non-hydrogen) atoms. The summed E-state index contributed by atoms with van der Waals surface area (Å²) in [4.78, 5) is 52.4.